The first-order valence-corrected chi connectivity index (χ1v) is 1.91. The predicted molar refractivity (Wildman–Crippen MR) is 23.0 cm³/mol. The molecular formula is C5H6Cl2N-. The first kappa shape index (κ1) is 10.7. The van der Waals surface area contributed by atoms with Gasteiger partial charge in [0.2, 0.25) is 0 Å². The lowest BCUT2D eigenvalue weighted by Gasteiger charge is -1.63. The average molecular weight is 151 g/mol. The Kier molecular flexibility index (Phi) is 8.97. The molecule has 0 spiro atoms. The molecule has 0 aromatic carbocycles. The van der Waals surface area contributed by atoms with E-state index in [0.29, 0.717) is 0 Å². The third kappa shape index (κ3) is 3.90. The molecule has 1 N–H and O–H groups in total. The van der Waals surface area contributed by atoms with Crippen molar-refractivity contribution in [2.45, 2.75) is 0 Å². The lowest BCUT2D eigenvalue weighted by atomic mass is 10.5. The van der Waals surface area contributed by atoms with Gasteiger partial charge in [0, 0.05) is 12.1 Å². The van der Waals surface area contributed by atoms with Crippen LogP contribution in [-0.4, -0.2) is 0 Å². The van der Waals surface area contributed by atoms with Gasteiger partial charge in [0.05, 0.1) is 0 Å². The minimum Gasteiger partial charge on any atom is -1.00 e. The zero-order valence-electron chi connectivity index (χ0n) is 4.14. The standard InChI is InChI=1S/C5H5N.2ClH/c1-2-4-6-5-3-1;;/h1-5H;2*1H/p-1. The van der Waals surface area contributed by atoms with E-state index in [4.69, 9.17) is 0 Å². The van der Waals surface area contributed by atoms with E-state index >= 15 is 0 Å². The van der Waals surface area contributed by atoms with Crippen LogP contribution in [0.2, 0.25) is 0 Å². The summed E-state index contributed by atoms with van der Waals surface area (Å²) >= 11 is 0. The number of rotatable bonds is 0. The van der Waals surface area contributed by atoms with Gasteiger partial charge in [-0.3, -0.25) is 0 Å². The summed E-state index contributed by atoms with van der Waals surface area (Å²) in [4.78, 5) is 2.89. The Bertz CT molecular complexity index is 82.4. The van der Waals surface area contributed by atoms with Crippen molar-refractivity contribution in [2.75, 3.05) is 0 Å². The molecule has 1 aromatic rings. The van der Waals surface area contributed by atoms with Crippen LogP contribution >= 0.6 is 0 Å². The van der Waals surface area contributed by atoms with Crippen LogP contribution in [0.25, 0.3) is 0 Å². The van der Waals surface area contributed by atoms with Gasteiger partial charge in [0.1, 0.15) is 0 Å². The van der Waals surface area contributed by atoms with Gasteiger partial charge in [-0.15, -0.1) is 0 Å². The highest BCUT2D eigenvalue weighted by atomic mass is 35.5. The molecule has 0 aliphatic heterocycles. The van der Waals surface area contributed by atoms with E-state index in [1.54, 1.807) is 0 Å². The Labute approximate surface area is 61.0 Å². The number of hydrogen-bond donors (Lipinski definition) is 0. The highest BCUT2D eigenvalue weighted by Gasteiger charge is 1.65. The van der Waals surface area contributed by atoms with Crippen LogP contribution in [0.1, 0.15) is 0 Å². The van der Waals surface area contributed by atoms with Gasteiger partial charge in [0.15, 0.2) is 12.4 Å². The molecule has 1 heterocycles. The molecule has 0 amide bonds. The summed E-state index contributed by atoms with van der Waals surface area (Å²) in [7, 11) is 0. The van der Waals surface area contributed by atoms with Gasteiger partial charge >= 0.3 is 0 Å². The van der Waals surface area contributed by atoms with Gasteiger partial charge in [-0.2, -0.15) is 0 Å². The second-order valence-corrected chi connectivity index (χ2v) is 1.08. The first-order valence-electron chi connectivity index (χ1n) is 1.91. The number of nitrogens with one attached hydrogen (secondary N) is 1. The van der Waals surface area contributed by atoms with E-state index in [2.05, 4.69) is 4.98 Å². The van der Waals surface area contributed by atoms with Gasteiger partial charge in [-0.25, -0.2) is 4.98 Å². The van der Waals surface area contributed by atoms with Crippen LogP contribution in [0.15, 0.2) is 30.6 Å². The summed E-state index contributed by atoms with van der Waals surface area (Å²) in [6, 6.07) is 5.86. The topological polar surface area (TPSA) is 14.1 Å². The molecule has 0 radical (unpaired) electrons. The zero-order chi connectivity index (χ0) is 4.24. The minimum atomic E-state index is 0. The molecule has 3 heteroatoms. The fourth-order valence-electron chi connectivity index (χ4n) is 0.342. The number of halogens is 2. The van der Waals surface area contributed by atoms with Crippen molar-refractivity contribution in [3.63, 3.8) is 0 Å². The average Bonchev–Trinajstić information content (AvgIpc) is 1.72. The maximum absolute atomic E-state index is 2.89. The molecule has 0 aliphatic rings. The van der Waals surface area contributed by atoms with E-state index in [0.717, 1.165) is 0 Å². The monoisotopic (exact) mass is 150 g/mol. The maximum Gasteiger partial charge on any atom is 0.166 e. The van der Waals surface area contributed by atoms with Crippen molar-refractivity contribution in [1.82, 2.24) is 0 Å². The summed E-state index contributed by atoms with van der Waals surface area (Å²) < 4.78 is 0. The van der Waals surface area contributed by atoms with Crippen molar-refractivity contribution in [3.8, 4) is 0 Å². The maximum atomic E-state index is 2.89. The molecule has 0 fully saturated rings. The van der Waals surface area contributed by atoms with Crippen molar-refractivity contribution in [3.05, 3.63) is 30.6 Å². The first-order chi connectivity index (χ1) is 3.00. The van der Waals surface area contributed by atoms with Gasteiger partial charge in [-0.1, -0.05) is 6.07 Å². The summed E-state index contributed by atoms with van der Waals surface area (Å²) in [5.41, 5.74) is 0. The highest BCUT2D eigenvalue weighted by Crippen LogP contribution is 1.68. The molecule has 1 nitrogen and oxygen atoms in total. The van der Waals surface area contributed by atoms with Crippen LogP contribution in [-0.2, 0) is 0 Å². The van der Waals surface area contributed by atoms with Crippen molar-refractivity contribution >= 4 is 0 Å². The fraction of sp³-hybridized carbons (Fsp3) is 0. The number of aromatic nitrogens is 1. The highest BCUT2D eigenvalue weighted by molar-refractivity contribution is 4.82. The second kappa shape index (κ2) is 6.73. The van der Waals surface area contributed by atoms with Crippen LogP contribution in [0, 0.1) is 0 Å². The molecule has 0 unspecified atom stereocenters. The van der Waals surface area contributed by atoms with Crippen LogP contribution in [0.5, 0.6) is 0 Å². The van der Waals surface area contributed by atoms with Crippen molar-refractivity contribution in [2.24, 2.45) is 0 Å². The van der Waals surface area contributed by atoms with Crippen LogP contribution in [0.3, 0.4) is 0 Å². The molecule has 46 valence electrons. The Hall–Kier alpha value is -0.270. The molecule has 0 atom stereocenters. The third-order valence-electron chi connectivity index (χ3n) is 0.607. The molecule has 0 saturated heterocycles. The lowest BCUT2D eigenvalue weighted by Crippen LogP contribution is -3.00. The molecule has 0 saturated carbocycles. The third-order valence-corrected chi connectivity index (χ3v) is 0.607. The molecule has 8 heavy (non-hydrogen) atoms. The van der Waals surface area contributed by atoms with E-state index in [9.17, 15) is 0 Å². The summed E-state index contributed by atoms with van der Waals surface area (Å²) in [5.74, 6) is 0. The SMILES string of the molecule is [Cl-].[Cl-].c1cc[nH+]cc1. The summed E-state index contributed by atoms with van der Waals surface area (Å²) in [6.07, 6.45) is 3.75. The molecule has 1 rings (SSSR count). The number of H-pyrrole nitrogens is 1. The Morgan fingerprint density at radius 3 is 1.38 bits per heavy atom. The molecule has 1 aromatic heterocycles. The van der Waals surface area contributed by atoms with E-state index in [1.165, 1.54) is 0 Å². The smallest absolute Gasteiger partial charge is 0.166 e. The Balaban J connectivity index is 0. The largest absolute Gasteiger partial charge is 1.00 e. The van der Waals surface area contributed by atoms with Gasteiger partial charge in [0.25, 0.3) is 0 Å². The zero-order valence-corrected chi connectivity index (χ0v) is 5.65. The van der Waals surface area contributed by atoms with Gasteiger partial charge < -0.3 is 24.8 Å². The van der Waals surface area contributed by atoms with E-state index in [-0.39, 0.29) is 24.8 Å². The van der Waals surface area contributed by atoms with E-state index in [1.807, 2.05) is 30.6 Å². The molecular weight excluding hydrogens is 145 g/mol. The fourth-order valence-corrected chi connectivity index (χ4v) is 0.342. The Morgan fingerprint density at radius 1 is 0.750 bits per heavy atom. The van der Waals surface area contributed by atoms with Crippen LogP contribution in [0.4, 0.5) is 0 Å². The lowest BCUT2D eigenvalue weighted by molar-refractivity contribution is -0.377. The number of pyridine rings is 1. The van der Waals surface area contributed by atoms with Crippen molar-refractivity contribution in [1.29, 1.82) is 0 Å². The number of aromatic amines is 1. The number of hydrogen-bond acceptors (Lipinski definition) is 0. The summed E-state index contributed by atoms with van der Waals surface area (Å²) in [5, 5.41) is 0. The van der Waals surface area contributed by atoms with E-state index < -0.39 is 0 Å². The van der Waals surface area contributed by atoms with Crippen molar-refractivity contribution < 1.29 is 29.8 Å². The normalized spacial score (nSPS) is 6.00. The minimum absolute atomic E-state index is 0. The predicted octanol–water partition coefficient (Wildman–Crippen LogP) is -5.49. The molecule has 0 aliphatic carbocycles. The van der Waals surface area contributed by atoms with Crippen LogP contribution < -0.4 is 29.8 Å². The van der Waals surface area contributed by atoms with Gasteiger partial charge in [-0.05, 0) is 0 Å². The second-order valence-electron chi connectivity index (χ2n) is 1.08. The Morgan fingerprint density at radius 2 is 1.25 bits per heavy atom. The quantitative estimate of drug-likeness (QED) is 0.351. The summed E-state index contributed by atoms with van der Waals surface area (Å²) in [6.45, 7) is 0. The molecule has 0 bridgehead atoms.